The largest absolute Gasteiger partial charge is 0.493 e. The second-order valence-corrected chi connectivity index (χ2v) is 6.65. The van der Waals surface area contributed by atoms with E-state index in [0.29, 0.717) is 40.6 Å². The van der Waals surface area contributed by atoms with Crippen LogP contribution in [0.4, 0.5) is 0 Å². The molecule has 0 aliphatic rings. The van der Waals surface area contributed by atoms with Gasteiger partial charge >= 0.3 is 5.69 Å². The lowest BCUT2D eigenvalue weighted by atomic mass is 10.1. The molecule has 2 N–H and O–H groups in total. The van der Waals surface area contributed by atoms with Crippen LogP contribution in [0, 0.1) is 5.92 Å². The molecule has 0 saturated heterocycles. The zero-order valence-electron chi connectivity index (χ0n) is 15.5. The number of fused-ring (bicyclic) bond motifs is 1. The Bertz CT molecular complexity index is 1040. The molecule has 0 spiro atoms. The van der Waals surface area contributed by atoms with Gasteiger partial charge in [-0.05, 0) is 47.9 Å². The molecule has 0 amide bonds. The number of methoxy groups -OCH3 is 1. The molecule has 2 aromatic carbocycles. The average molecular weight is 366 g/mol. The third kappa shape index (κ3) is 4.47. The van der Waals surface area contributed by atoms with E-state index in [2.05, 4.69) is 23.8 Å². The fourth-order valence-corrected chi connectivity index (χ4v) is 2.62. The van der Waals surface area contributed by atoms with E-state index in [1.807, 2.05) is 18.2 Å². The normalized spacial score (nSPS) is 11.4. The first-order chi connectivity index (χ1) is 13.0. The topological polar surface area (TPSA) is 84.2 Å². The SMILES string of the molecule is COc1ccc(C=CC(=O)c2ccc3[nH]c(=O)[nH]c3c2)cc1OCC(C)C. The first-order valence-electron chi connectivity index (χ1n) is 8.71. The summed E-state index contributed by atoms with van der Waals surface area (Å²) >= 11 is 0. The third-order valence-corrected chi connectivity index (χ3v) is 3.99. The summed E-state index contributed by atoms with van der Waals surface area (Å²) in [6, 6.07) is 10.6. The molecular formula is C21H22N2O4. The summed E-state index contributed by atoms with van der Waals surface area (Å²) in [4.78, 5) is 29.1. The number of aromatic nitrogens is 2. The van der Waals surface area contributed by atoms with Gasteiger partial charge in [-0.2, -0.15) is 0 Å². The Morgan fingerprint density at radius 2 is 1.85 bits per heavy atom. The Kier molecular flexibility index (Phi) is 5.45. The van der Waals surface area contributed by atoms with Crippen molar-refractivity contribution in [3.05, 3.63) is 64.1 Å². The summed E-state index contributed by atoms with van der Waals surface area (Å²) in [5.74, 6) is 1.54. The summed E-state index contributed by atoms with van der Waals surface area (Å²) < 4.78 is 11.1. The molecule has 1 heterocycles. The summed E-state index contributed by atoms with van der Waals surface area (Å²) in [6.45, 7) is 4.73. The number of aromatic amines is 2. The number of rotatable bonds is 7. The molecule has 6 nitrogen and oxygen atoms in total. The van der Waals surface area contributed by atoms with Crippen LogP contribution in [-0.2, 0) is 0 Å². The van der Waals surface area contributed by atoms with Crippen LogP contribution in [0.25, 0.3) is 17.1 Å². The van der Waals surface area contributed by atoms with E-state index in [4.69, 9.17) is 9.47 Å². The van der Waals surface area contributed by atoms with Crippen molar-refractivity contribution >= 4 is 22.9 Å². The zero-order chi connectivity index (χ0) is 19.4. The summed E-state index contributed by atoms with van der Waals surface area (Å²) in [6.07, 6.45) is 3.23. The van der Waals surface area contributed by atoms with Gasteiger partial charge in [0.2, 0.25) is 0 Å². The minimum Gasteiger partial charge on any atom is -0.493 e. The highest BCUT2D eigenvalue weighted by atomic mass is 16.5. The fraction of sp³-hybridized carbons (Fsp3) is 0.238. The molecule has 27 heavy (non-hydrogen) atoms. The van der Waals surface area contributed by atoms with Crippen molar-refractivity contribution in [2.24, 2.45) is 5.92 Å². The van der Waals surface area contributed by atoms with E-state index < -0.39 is 0 Å². The van der Waals surface area contributed by atoms with Gasteiger partial charge in [0.05, 0.1) is 24.8 Å². The molecule has 0 fully saturated rings. The maximum atomic E-state index is 12.4. The monoisotopic (exact) mass is 366 g/mol. The van der Waals surface area contributed by atoms with Gasteiger partial charge < -0.3 is 19.4 Å². The lowest BCUT2D eigenvalue weighted by Gasteiger charge is -2.13. The fourth-order valence-electron chi connectivity index (χ4n) is 2.62. The Morgan fingerprint density at radius 1 is 1.07 bits per heavy atom. The zero-order valence-corrected chi connectivity index (χ0v) is 15.5. The van der Waals surface area contributed by atoms with Gasteiger partial charge in [0, 0.05) is 5.56 Å². The highest BCUT2D eigenvalue weighted by molar-refractivity contribution is 6.08. The first kappa shape index (κ1) is 18.5. The average Bonchev–Trinajstić information content (AvgIpc) is 3.03. The maximum Gasteiger partial charge on any atom is 0.323 e. The summed E-state index contributed by atoms with van der Waals surface area (Å²) in [5, 5.41) is 0. The predicted octanol–water partition coefficient (Wildman–Crippen LogP) is 3.80. The molecule has 3 rings (SSSR count). The van der Waals surface area contributed by atoms with E-state index in [1.165, 1.54) is 6.08 Å². The molecule has 6 heteroatoms. The number of ether oxygens (including phenoxy) is 2. The Hall–Kier alpha value is -3.28. The van der Waals surface area contributed by atoms with Crippen molar-refractivity contribution in [2.45, 2.75) is 13.8 Å². The van der Waals surface area contributed by atoms with Gasteiger partial charge in [-0.15, -0.1) is 0 Å². The molecule has 140 valence electrons. The smallest absolute Gasteiger partial charge is 0.323 e. The summed E-state index contributed by atoms with van der Waals surface area (Å²) in [7, 11) is 1.60. The number of benzene rings is 2. The molecular weight excluding hydrogens is 344 g/mol. The van der Waals surface area contributed by atoms with Crippen LogP contribution in [0.3, 0.4) is 0 Å². The van der Waals surface area contributed by atoms with Crippen LogP contribution in [0.15, 0.2) is 47.3 Å². The highest BCUT2D eigenvalue weighted by Crippen LogP contribution is 2.29. The molecule has 0 aliphatic carbocycles. The number of allylic oxidation sites excluding steroid dienone is 1. The van der Waals surface area contributed by atoms with Gasteiger partial charge in [0.15, 0.2) is 17.3 Å². The van der Waals surface area contributed by atoms with Gasteiger partial charge in [-0.25, -0.2) is 4.79 Å². The number of ketones is 1. The van der Waals surface area contributed by atoms with Crippen molar-refractivity contribution in [3.8, 4) is 11.5 Å². The number of imidazole rings is 1. The number of carbonyl (C=O) groups excluding carboxylic acids is 1. The molecule has 0 bridgehead atoms. The van der Waals surface area contributed by atoms with Gasteiger partial charge in [0.25, 0.3) is 0 Å². The standard InChI is InChI=1S/C21H22N2O4/c1-13(2)12-27-20-10-14(5-9-19(20)26-3)4-8-18(24)15-6-7-16-17(11-15)23-21(25)22-16/h4-11,13H,12H2,1-3H3,(H2,22,23,25). The molecule has 0 atom stereocenters. The number of H-pyrrole nitrogens is 2. The van der Waals surface area contributed by atoms with E-state index in [0.717, 1.165) is 5.56 Å². The number of carbonyl (C=O) groups is 1. The van der Waals surface area contributed by atoms with Gasteiger partial charge in [-0.3, -0.25) is 4.79 Å². The first-order valence-corrected chi connectivity index (χ1v) is 8.71. The lowest BCUT2D eigenvalue weighted by molar-refractivity contribution is 0.104. The van der Waals surface area contributed by atoms with Crippen LogP contribution in [-0.4, -0.2) is 29.5 Å². The Labute approximate surface area is 156 Å². The number of hydrogen-bond acceptors (Lipinski definition) is 4. The molecule has 1 aromatic heterocycles. The minimum atomic E-state index is -0.294. The maximum absolute atomic E-state index is 12.4. The lowest BCUT2D eigenvalue weighted by Crippen LogP contribution is -2.05. The van der Waals surface area contributed by atoms with Crippen LogP contribution in [0.2, 0.25) is 0 Å². The Balaban J connectivity index is 1.80. The van der Waals surface area contributed by atoms with Crippen molar-refractivity contribution in [1.29, 1.82) is 0 Å². The van der Waals surface area contributed by atoms with Crippen molar-refractivity contribution in [3.63, 3.8) is 0 Å². The molecule has 0 unspecified atom stereocenters. The molecule has 0 radical (unpaired) electrons. The highest BCUT2D eigenvalue weighted by Gasteiger charge is 2.08. The van der Waals surface area contributed by atoms with Crippen molar-refractivity contribution < 1.29 is 14.3 Å². The van der Waals surface area contributed by atoms with Crippen LogP contribution in [0.1, 0.15) is 29.8 Å². The van der Waals surface area contributed by atoms with Crippen molar-refractivity contribution in [2.75, 3.05) is 13.7 Å². The molecule has 3 aromatic rings. The predicted molar refractivity (Wildman–Crippen MR) is 106 cm³/mol. The van der Waals surface area contributed by atoms with E-state index in [9.17, 15) is 9.59 Å². The second kappa shape index (κ2) is 7.95. The van der Waals surface area contributed by atoms with Crippen LogP contribution in [0.5, 0.6) is 11.5 Å². The van der Waals surface area contributed by atoms with Gasteiger partial charge in [-0.1, -0.05) is 26.0 Å². The minimum absolute atomic E-state index is 0.153. The van der Waals surface area contributed by atoms with E-state index in [1.54, 1.807) is 31.4 Å². The number of hydrogen-bond donors (Lipinski definition) is 2. The van der Waals surface area contributed by atoms with E-state index >= 15 is 0 Å². The third-order valence-electron chi connectivity index (χ3n) is 3.99. The Morgan fingerprint density at radius 3 is 2.59 bits per heavy atom. The van der Waals surface area contributed by atoms with E-state index in [-0.39, 0.29) is 11.5 Å². The summed E-state index contributed by atoms with van der Waals surface area (Å²) in [5.41, 5.74) is 2.31. The van der Waals surface area contributed by atoms with Crippen molar-refractivity contribution in [1.82, 2.24) is 9.97 Å². The quantitative estimate of drug-likeness (QED) is 0.492. The van der Waals surface area contributed by atoms with Gasteiger partial charge in [0.1, 0.15) is 0 Å². The molecule has 0 aliphatic heterocycles. The second-order valence-electron chi connectivity index (χ2n) is 6.65. The van der Waals surface area contributed by atoms with Crippen LogP contribution >= 0.6 is 0 Å². The number of nitrogens with one attached hydrogen (secondary N) is 2. The van der Waals surface area contributed by atoms with Crippen LogP contribution < -0.4 is 15.2 Å². The molecule has 0 saturated carbocycles.